The van der Waals surface area contributed by atoms with Crippen LogP contribution in [0.2, 0.25) is 0 Å². The highest BCUT2D eigenvalue weighted by molar-refractivity contribution is 6.65. The van der Waals surface area contributed by atoms with Crippen LogP contribution in [0.3, 0.4) is 0 Å². The van der Waals surface area contributed by atoms with Crippen LogP contribution < -0.4 is 5.46 Å². The van der Waals surface area contributed by atoms with E-state index in [2.05, 4.69) is 4.98 Å². The molecule has 1 aromatic carbocycles. The minimum Gasteiger partial charge on any atom is -0.464 e. The first-order valence-electron chi connectivity index (χ1n) is 7.58. The molecular formula is C17H20BNO4. The van der Waals surface area contributed by atoms with Crippen molar-refractivity contribution in [1.82, 2.24) is 4.98 Å². The molecule has 3 rings (SSSR count). The normalized spacial score (nSPS) is 19.1. The molecule has 0 amide bonds. The molecule has 0 N–H and O–H groups in total. The van der Waals surface area contributed by atoms with E-state index in [0.717, 1.165) is 16.2 Å². The monoisotopic (exact) mass is 313 g/mol. The average Bonchev–Trinajstić information content (AvgIpc) is 2.73. The second kappa shape index (κ2) is 5.32. The Balaban J connectivity index is 2.10. The summed E-state index contributed by atoms with van der Waals surface area (Å²) < 4.78 is 17.0. The lowest BCUT2D eigenvalue weighted by Gasteiger charge is -2.32. The maximum atomic E-state index is 11.7. The van der Waals surface area contributed by atoms with Crippen molar-refractivity contribution in [2.75, 3.05) is 7.11 Å². The summed E-state index contributed by atoms with van der Waals surface area (Å²) in [4.78, 5) is 15.9. The van der Waals surface area contributed by atoms with Crippen LogP contribution in [-0.4, -0.2) is 36.4 Å². The number of rotatable bonds is 2. The topological polar surface area (TPSA) is 57.7 Å². The molecule has 1 saturated heterocycles. The van der Waals surface area contributed by atoms with Gasteiger partial charge >= 0.3 is 13.1 Å². The third-order valence-corrected chi connectivity index (χ3v) is 4.70. The molecule has 2 aromatic rings. The van der Waals surface area contributed by atoms with Crippen LogP contribution in [0.5, 0.6) is 0 Å². The van der Waals surface area contributed by atoms with Gasteiger partial charge in [0, 0.05) is 6.20 Å². The Morgan fingerprint density at radius 3 is 2.43 bits per heavy atom. The first-order valence-corrected chi connectivity index (χ1v) is 7.58. The van der Waals surface area contributed by atoms with Crippen LogP contribution in [0.15, 0.2) is 30.5 Å². The van der Waals surface area contributed by atoms with Gasteiger partial charge in [0.05, 0.1) is 18.3 Å². The molecule has 120 valence electrons. The number of fused-ring (bicyclic) bond motifs is 1. The number of esters is 1. The summed E-state index contributed by atoms with van der Waals surface area (Å²) >= 11 is 0. The zero-order valence-electron chi connectivity index (χ0n) is 14.0. The Bertz CT molecular complexity index is 756. The first kappa shape index (κ1) is 16.0. The lowest BCUT2D eigenvalue weighted by Crippen LogP contribution is -2.41. The zero-order valence-corrected chi connectivity index (χ0v) is 14.0. The van der Waals surface area contributed by atoms with Crippen LogP contribution in [0, 0.1) is 0 Å². The van der Waals surface area contributed by atoms with Gasteiger partial charge < -0.3 is 14.0 Å². The fraction of sp³-hybridized carbons (Fsp3) is 0.412. The molecule has 0 saturated carbocycles. The molecule has 0 aliphatic carbocycles. The molecule has 1 aromatic heterocycles. The minimum atomic E-state index is -0.489. The lowest BCUT2D eigenvalue weighted by atomic mass is 9.76. The highest BCUT2D eigenvalue weighted by atomic mass is 16.7. The number of methoxy groups -OCH3 is 1. The molecule has 0 radical (unpaired) electrons. The Labute approximate surface area is 136 Å². The Kier molecular flexibility index (Phi) is 3.69. The van der Waals surface area contributed by atoms with E-state index in [4.69, 9.17) is 14.0 Å². The molecular weight excluding hydrogens is 293 g/mol. The summed E-state index contributed by atoms with van der Waals surface area (Å²) in [6, 6.07) is 7.55. The molecule has 6 heteroatoms. The van der Waals surface area contributed by atoms with E-state index in [1.54, 1.807) is 12.3 Å². The highest BCUT2D eigenvalue weighted by Gasteiger charge is 2.52. The standard InChI is InChI=1S/C17H20BNO4/c1-16(2)17(3,4)23-18(22-16)13-8-6-7-11-10-19-14(9-12(11)13)15(20)21-5/h6-10H,1-5H3. The predicted molar refractivity (Wildman–Crippen MR) is 88.8 cm³/mol. The van der Waals surface area contributed by atoms with Gasteiger partial charge in [-0.2, -0.15) is 0 Å². The number of hydrogen-bond donors (Lipinski definition) is 0. The van der Waals surface area contributed by atoms with Crippen molar-refractivity contribution in [3.8, 4) is 0 Å². The van der Waals surface area contributed by atoms with Gasteiger partial charge in [-0.3, -0.25) is 0 Å². The molecule has 2 heterocycles. The summed E-state index contributed by atoms with van der Waals surface area (Å²) in [5, 5.41) is 1.80. The van der Waals surface area contributed by atoms with Crippen molar-refractivity contribution in [2.24, 2.45) is 0 Å². The van der Waals surface area contributed by atoms with Crippen molar-refractivity contribution in [1.29, 1.82) is 0 Å². The highest BCUT2D eigenvalue weighted by Crippen LogP contribution is 2.37. The summed E-state index contributed by atoms with van der Waals surface area (Å²) in [5.74, 6) is -0.462. The largest absolute Gasteiger partial charge is 0.495 e. The third kappa shape index (κ3) is 2.62. The van der Waals surface area contributed by atoms with Gasteiger partial charge in [-0.05, 0) is 50.0 Å². The van der Waals surface area contributed by atoms with Crippen molar-refractivity contribution < 1.29 is 18.8 Å². The number of pyridine rings is 1. The summed E-state index contributed by atoms with van der Waals surface area (Å²) in [5.41, 5.74) is 0.313. The van der Waals surface area contributed by atoms with E-state index in [0.29, 0.717) is 0 Å². The van der Waals surface area contributed by atoms with Crippen molar-refractivity contribution in [3.63, 3.8) is 0 Å². The van der Waals surface area contributed by atoms with Crippen molar-refractivity contribution in [3.05, 3.63) is 36.2 Å². The number of ether oxygens (including phenoxy) is 1. The number of nitrogens with zero attached hydrogens (tertiary/aromatic N) is 1. The lowest BCUT2D eigenvalue weighted by molar-refractivity contribution is 0.00578. The Hall–Kier alpha value is -1.92. The maximum Gasteiger partial charge on any atom is 0.495 e. The van der Waals surface area contributed by atoms with Crippen LogP contribution in [0.1, 0.15) is 38.2 Å². The molecule has 0 spiro atoms. The zero-order chi connectivity index (χ0) is 16.8. The third-order valence-electron chi connectivity index (χ3n) is 4.70. The van der Waals surface area contributed by atoms with Gasteiger partial charge in [-0.25, -0.2) is 9.78 Å². The van der Waals surface area contributed by atoms with Crippen LogP contribution in [0.25, 0.3) is 10.8 Å². The van der Waals surface area contributed by atoms with E-state index in [9.17, 15) is 4.79 Å². The molecule has 1 aliphatic rings. The van der Waals surface area contributed by atoms with E-state index < -0.39 is 24.3 Å². The number of carbonyl (C=O) groups excluding carboxylic acids is 1. The smallest absolute Gasteiger partial charge is 0.464 e. The molecule has 23 heavy (non-hydrogen) atoms. The maximum absolute atomic E-state index is 11.7. The summed E-state index contributed by atoms with van der Waals surface area (Å²) in [7, 11) is 0.852. The summed E-state index contributed by atoms with van der Waals surface area (Å²) in [6.07, 6.45) is 1.66. The van der Waals surface area contributed by atoms with E-state index in [1.165, 1.54) is 7.11 Å². The quantitative estimate of drug-likeness (QED) is 0.629. The second-order valence-corrected chi connectivity index (χ2v) is 6.72. The van der Waals surface area contributed by atoms with E-state index >= 15 is 0 Å². The number of aromatic nitrogens is 1. The molecule has 0 unspecified atom stereocenters. The number of carbonyl (C=O) groups is 1. The van der Waals surface area contributed by atoms with Gasteiger partial charge in [0.1, 0.15) is 5.69 Å². The number of benzene rings is 1. The second-order valence-electron chi connectivity index (χ2n) is 6.72. The molecule has 5 nitrogen and oxygen atoms in total. The van der Waals surface area contributed by atoms with Gasteiger partial charge in [0.25, 0.3) is 0 Å². The van der Waals surface area contributed by atoms with Gasteiger partial charge in [-0.15, -0.1) is 0 Å². The van der Waals surface area contributed by atoms with Gasteiger partial charge in [0.15, 0.2) is 0 Å². The molecule has 0 atom stereocenters. The van der Waals surface area contributed by atoms with Crippen molar-refractivity contribution >= 4 is 29.3 Å². The average molecular weight is 313 g/mol. The van der Waals surface area contributed by atoms with Crippen LogP contribution in [0.4, 0.5) is 0 Å². The number of hydrogen-bond acceptors (Lipinski definition) is 5. The van der Waals surface area contributed by atoms with E-state index in [-0.39, 0.29) is 5.69 Å². The SMILES string of the molecule is COC(=O)c1cc2c(B3OC(C)(C)C(C)(C)O3)cccc2cn1. The Morgan fingerprint density at radius 1 is 1.17 bits per heavy atom. The van der Waals surface area contributed by atoms with Gasteiger partial charge in [0.2, 0.25) is 0 Å². The van der Waals surface area contributed by atoms with Crippen LogP contribution >= 0.6 is 0 Å². The van der Waals surface area contributed by atoms with Crippen molar-refractivity contribution in [2.45, 2.75) is 38.9 Å². The summed E-state index contributed by atoms with van der Waals surface area (Å²) in [6.45, 7) is 8.05. The minimum absolute atomic E-state index is 0.268. The predicted octanol–water partition coefficient (Wildman–Crippen LogP) is 2.32. The van der Waals surface area contributed by atoms with Gasteiger partial charge in [-0.1, -0.05) is 18.2 Å². The Morgan fingerprint density at radius 2 is 1.83 bits per heavy atom. The fourth-order valence-corrected chi connectivity index (χ4v) is 2.59. The van der Waals surface area contributed by atoms with Crippen LogP contribution in [-0.2, 0) is 14.0 Å². The fourth-order valence-electron chi connectivity index (χ4n) is 2.59. The molecule has 1 aliphatic heterocycles. The molecule has 1 fully saturated rings. The van der Waals surface area contributed by atoms with E-state index in [1.807, 2.05) is 45.9 Å². The first-order chi connectivity index (χ1) is 10.7. The molecule has 0 bridgehead atoms.